The molecular formula is C13H17FN2O. The first-order valence-corrected chi connectivity index (χ1v) is 5.97. The van der Waals surface area contributed by atoms with Gasteiger partial charge < -0.3 is 10.6 Å². The van der Waals surface area contributed by atoms with E-state index < -0.39 is 0 Å². The summed E-state index contributed by atoms with van der Waals surface area (Å²) in [6.45, 7) is 2.75. The van der Waals surface area contributed by atoms with E-state index in [0.29, 0.717) is 13.0 Å². The third kappa shape index (κ3) is 3.03. The van der Waals surface area contributed by atoms with Gasteiger partial charge in [-0.25, -0.2) is 4.39 Å². The van der Waals surface area contributed by atoms with Crippen molar-refractivity contribution in [2.24, 2.45) is 0 Å². The lowest BCUT2D eigenvalue weighted by atomic mass is 10.0. The molecule has 1 aromatic rings. The summed E-state index contributed by atoms with van der Waals surface area (Å²) in [7, 11) is 0. The van der Waals surface area contributed by atoms with Crippen molar-refractivity contribution in [1.82, 2.24) is 10.6 Å². The van der Waals surface area contributed by atoms with Gasteiger partial charge >= 0.3 is 0 Å². The topological polar surface area (TPSA) is 41.1 Å². The summed E-state index contributed by atoms with van der Waals surface area (Å²) in [6.07, 6.45) is 1.44. The molecule has 1 aliphatic heterocycles. The van der Waals surface area contributed by atoms with E-state index >= 15 is 0 Å². The van der Waals surface area contributed by atoms with E-state index in [1.165, 1.54) is 12.1 Å². The molecular weight excluding hydrogens is 219 g/mol. The lowest BCUT2D eigenvalue weighted by Gasteiger charge is -2.21. The normalized spacial score (nSPS) is 21.3. The quantitative estimate of drug-likeness (QED) is 0.836. The summed E-state index contributed by atoms with van der Waals surface area (Å²) >= 11 is 0. The molecule has 4 heteroatoms. The van der Waals surface area contributed by atoms with Crippen LogP contribution in [-0.4, -0.2) is 18.5 Å². The monoisotopic (exact) mass is 236 g/mol. The Morgan fingerprint density at radius 2 is 2.18 bits per heavy atom. The van der Waals surface area contributed by atoms with Gasteiger partial charge in [0.25, 0.3) is 0 Å². The fourth-order valence-electron chi connectivity index (χ4n) is 2.15. The maximum Gasteiger partial charge on any atom is 0.221 e. The second-order valence-electron chi connectivity index (χ2n) is 4.38. The van der Waals surface area contributed by atoms with Crippen molar-refractivity contribution in [1.29, 1.82) is 0 Å². The Balaban J connectivity index is 2.01. The molecule has 0 spiro atoms. The number of carbonyl (C=O) groups excluding carboxylic acids is 1. The Labute approximate surface area is 100 Å². The van der Waals surface area contributed by atoms with Crippen molar-refractivity contribution in [3.8, 4) is 0 Å². The summed E-state index contributed by atoms with van der Waals surface area (Å²) in [5.74, 6) is -0.127. The molecule has 0 bridgehead atoms. The van der Waals surface area contributed by atoms with Crippen LogP contribution in [0.3, 0.4) is 0 Å². The van der Waals surface area contributed by atoms with Crippen LogP contribution >= 0.6 is 0 Å². The molecule has 92 valence electrons. The number of amides is 1. The highest BCUT2D eigenvalue weighted by atomic mass is 19.1. The molecule has 17 heavy (non-hydrogen) atoms. The molecule has 1 amide bonds. The molecule has 2 unspecified atom stereocenters. The second kappa shape index (κ2) is 5.27. The molecule has 0 aliphatic carbocycles. The molecule has 3 nitrogen and oxygen atoms in total. The van der Waals surface area contributed by atoms with E-state index in [1.807, 2.05) is 0 Å². The van der Waals surface area contributed by atoms with E-state index in [-0.39, 0.29) is 23.8 Å². The highest BCUT2D eigenvalue weighted by Crippen LogP contribution is 2.18. The fraction of sp³-hybridized carbons (Fsp3) is 0.462. The lowest BCUT2D eigenvalue weighted by molar-refractivity contribution is -0.119. The van der Waals surface area contributed by atoms with Gasteiger partial charge in [-0.05, 0) is 24.1 Å². The molecule has 1 fully saturated rings. The van der Waals surface area contributed by atoms with E-state index in [1.54, 1.807) is 12.1 Å². The van der Waals surface area contributed by atoms with Crippen LogP contribution in [0.15, 0.2) is 24.3 Å². The third-order valence-electron chi connectivity index (χ3n) is 3.09. The Kier molecular flexibility index (Phi) is 3.74. The second-order valence-corrected chi connectivity index (χ2v) is 4.38. The molecule has 1 aromatic carbocycles. The lowest BCUT2D eigenvalue weighted by Crippen LogP contribution is -2.34. The summed E-state index contributed by atoms with van der Waals surface area (Å²) in [6, 6.07) is 6.88. The van der Waals surface area contributed by atoms with Crippen LogP contribution < -0.4 is 10.6 Å². The molecule has 0 aromatic heterocycles. The predicted octanol–water partition coefficient (Wildman–Crippen LogP) is 1.75. The number of hydrogen-bond donors (Lipinski definition) is 2. The molecule has 0 radical (unpaired) electrons. The smallest absolute Gasteiger partial charge is 0.221 e. The number of carbonyl (C=O) groups is 1. The van der Waals surface area contributed by atoms with E-state index in [9.17, 15) is 9.18 Å². The van der Waals surface area contributed by atoms with Crippen molar-refractivity contribution in [2.45, 2.75) is 31.8 Å². The van der Waals surface area contributed by atoms with Gasteiger partial charge in [0.15, 0.2) is 0 Å². The van der Waals surface area contributed by atoms with Crippen molar-refractivity contribution in [2.75, 3.05) is 6.54 Å². The zero-order valence-corrected chi connectivity index (χ0v) is 9.87. The number of rotatable bonds is 4. The van der Waals surface area contributed by atoms with Crippen molar-refractivity contribution in [3.63, 3.8) is 0 Å². The molecule has 1 aliphatic rings. The summed E-state index contributed by atoms with van der Waals surface area (Å²) in [5.41, 5.74) is 1.06. The average molecular weight is 236 g/mol. The van der Waals surface area contributed by atoms with Crippen molar-refractivity contribution < 1.29 is 9.18 Å². The number of nitrogens with one attached hydrogen (secondary N) is 2. The predicted molar refractivity (Wildman–Crippen MR) is 64.0 cm³/mol. The Bertz CT molecular complexity index is 391. The van der Waals surface area contributed by atoms with Crippen LogP contribution in [-0.2, 0) is 4.79 Å². The maximum atomic E-state index is 12.8. The Hall–Kier alpha value is -1.42. The first kappa shape index (κ1) is 12.0. The van der Waals surface area contributed by atoms with Gasteiger partial charge in [-0.3, -0.25) is 4.79 Å². The summed E-state index contributed by atoms with van der Waals surface area (Å²) < 4.78 is 12.8. The molecule has 2 atom stereocenters. The summed E-state index contributed by atoms with van der Waals surface area (Å²) in [5, 5.41) is 6.22. The highest BCUT2D eigenvalue weighted by molar-refractivity contribution is 5.78. The summed E-state index contributed by atoms with van der Waals surface area (Å²) in [4.78, 5) is 11.1. The first-order chi connectivity index (χ1) is 8.19. The van der Waals surface area contributed by atoms with E-state index in [2.05, 4.69) is 17.6 Å². The zero-order chi connectivity index (χ0) is 12.3. The van der Waals surface area contributed by atoms with Crippen LogP contribution in [0.5, 0.6) is 0 Å². The average Bonchev–Trinajstić information content (AvgIpc) is 2.73. The van der Waals surface area contributed by atoms with E-state index in [0.717, 1.165) is 12.0 Å². The van der Waals surface area contributed by atoms with Crippen LogP contribution in [0.2, 0.25) is 0 Å². The van der Waals surface area contributed by atoms with Crippen LogP contribution in [0, 0.1) is 5.82 Å². The van der Waals surface area contributed by atoms with Gasteiger partial charge in [0.1, 0.15) is 5.82 Å². The van der Waals surface area contributed by atoms with Crippen molar-refractivity contribution in [3.05, 3.63) is 35.6 Å². The van der Waals surface area contributed by atoms with Gasteiger partial charge in [-0.15, -0.1) is 0 Å². The fourth-order valence-corrected chi connectivity index (χ4v) is 2.15. The number of hydrogen-bond acceptors (Lipinski definition) is 2. The number of halogens is 1. The minimum atomic E-state index is -0.221. The third-order valence-corrected chi connectivity index (χ3v) is 3.09. The molecule has 1 saturated heterocycles. The Morgan fingerprint density at radius 3 is 2.71 bits per heavy atom. The molecule has 2 N–H and O–H groups in total. The van der Waals surface area contributed by atoms with Gasteiger partial charge in [0.05, 0.1) is 0 Å². The zero-order valence-electron chi connectivity index (χ0n) is 9.87. The first-order valence-electron chi connectivity index (χ1n) is 5.97. The largest absolute Gasteiger partial charge is 0.354 e. The van der Waals surface area contributed by atoms with Crippen LogP contribution in [0.1, 0.15) is 31.4 Å². The van der Waals surface area contributed by atoms with E-state index in [4.69, 9.17) is 0 Å². The molecule has 0 saturated carbocycles. The van der Waals surface area contributed by atoms with Crippen molar-refractivity contribution >= 4 is 5.91 Å². The standard InChI is InChI=1S/C13H17FN2O/c1-2-12(9-3-5-10(14)6-4-9)16-11-7-13(17)15-8-11/h3-6,11-12,16H,2,7-8H2,1H3,(H,15,17). The van der Waals surface area contributed by atoms with Crippen LogP contribution in [0.4, 0.5) is 4.39 Å². The minimum Gasteiger partial charge on any atom is -0.354 e. The van der Waals surface area contributed by atoms with Gasteiger partial charge in [0.2, 0.25) is 5.91 Å². The molecule has 1 heterocycles. The Morgan fingerprint density at radius 1 is 1.47 bits per heavy atom. The maximum absolute atomic E-state index is 12.8. The van der Waals surface area contributed by atoms with Crippen LogP contribution in [0.25, 0.3) is 0 Å². The molecule has 2 rings (SSSR count). The minimum absolute atomic E-state index is 0.0939. The SMILES string of the molecule is CCC(NC1CNC(=O)C1)c1ccc(F)cc1. The number of benzene rings is 1. The van der Waals surface area contributed by atoms with Gasteiger partial charge in [-0.2, -0.15) is 0 Å². The van der Waals surface area contributed by atoms with Gasteiger partial charge in [-0.1, -0.05) is 19.1 Å². The van der Waals surface area contributed by atoms with Gasteiger partial charge in [0, 0.05) is 25.0 Å². The highest BCUT2D eigenvalue weighted by Gasteiger charge is 2.23.